The van der Waals surface area contributed by atoms with E-state index in [-0.39, 0.29) is 0 Å². The molecule has 0 aliphatic rings. The summed E-state index contributed by atoms with van der Waals surface area (Å²) in [6.45, 7) is 0.831. The minimum absolute atomic E-state index is 0.434. The second-order valence-electron chi connectivity index (χ2n) is 4.71. The molecule has 0 saturated carbocycles. The van der Waals surface area contributed by atoms with E-state index < -0.39 is 0 Å². The van der Waals surface area contributed by atoms with Crippen molar-refractivity contribution in [2.75, 3.05) is 0 Å². The molecule has 0 bridgehead atoms. The molecule has 2 aromatic carbocycles. The van der Waals surface area contributed by atoms with Crippen LogP contribution in [0, 0.1) is 0 Å². The van der Waals surface area contributed by atoms with E-state index in [1.807, 2.05) is 6.07 Å². The third-order valence-electron chi connectivity index (χ3n) is 3.32. The van der Waals surface area contributed by atoms with E-state index in [4.69, 9.17) is 18.0 Å². The number of nitrogens with zero attached hydrogens (tertiary/aromatic N) is 1. The van der Waals surface area contributed by atoms with Gasteiger partial charge in [-0.25, -0.2) is 0 Å². The summed E-state index contributed by atoms with van der Waals surface area (Å²) in [4.78, 5) is 0.434. The fraction of sp³-hybridized carbons (Fsp3) is 0.0625. The van der Waals surface area contributed by atoms with Crippen molar-refractivity contribution < 1.29 is 0 Å². The average Bonchev–Trinajstić information content (AvgIpc) is 2.84. The summed E-state index contributed by atoms with van der Waals surface area (Å²) >= 11 is 8.50. The maximum atomic E-state index is 5.71. The first-order chi connectivity index (χ1) is 9.63. The normalized spacial score (nSPS) is 10.8. The van der Waals surface area contributed by atoms with Gasteiger partial charge in [-0.2, -0.15) is 0 Å². The number of aromatic nitrogens is 1. The molecular formula is C16H13BrN2S. The molecule has 2 nitrogen and oxygen atoms in total. The molecule has 2 N–H and O–H groups in total. The molecule has 0 aliphatic heterocycles. The lowest BCUT2D eigenvalue weighted by atomic mass is 10.1. The zero-order valence-corrected chi connectivity index (χ0v) is 13.1. The first kappa shape index (κ1) is 13.3. The van der Waals surface area contributed by atoms with Gasteiger partial charge in [0.15, 0.2) is 0 Å². The zero-order chi connectivity index (χ0) is 14.1. The van der Waals surface area contributed by atoms with Gasteiger partial charge in [0, 0.05) is 28.3 Å². The number of rotatable bonds is 3. The summed E-state index contributed by atoms with van der Waals surface area (Å²) in [6, 6.07) is 16.5. The quantitative estimate of drug-likeness (QED) is 0.725. The van der Waals surface area contributed by atoms with E-state index in [1.165, 1.54) is 10.9 Å². The van der Waals surface area contributed by atoms with Crippen molar-refractivity contribution in [3.63, 3.8) is 0 Å². The van der Waals surface area contributed by atoms with Gasteiger partial charge < -0.3 is 10.3 Å². The van der Waals surface area contributed by atoms with Gasteiger partial charge in [0.25, 0.3) is 0 Å². The van der Waals surface area contributed by atoms with Gasteiger partial charge in [-0.05, 0) is 35.2 Å². The summed E-state index contributed by atoms with van der Waals surface area (Å²) in [7, 11) is 0. The molecule has 0 saturated heterocycles. The lowest BCUT2D eigenvalue weighted by Gasteiger charge is -2.07. The fourth-order valence-corrected chi connectivity index (χ4v) is 2.65. The number of hydrogen-bond acceptors (Lipinski definition) is 1. The SMILES string of the molecule is NC(=S)c1ccc2ccn(Cc3ccc(Br)cc3)c2c1. The third kappa shape index (κ3) is 2.62. The van der Waals surface area contributed by atoms with Crippen molar-refractivity contribution in [3.05, 3.63) is 70.3 Å². The predicted molar refractivity (Wildman–Crippen MR) is 91.1 cm³/mol. The lowest BCUT2D eigenvalue weighted by Crippen LogP contribution is -2.09. The molecule has 0 atom stereocenters. The van der Waals surface area contributed by atoms with Crippen molar-refractivity contribution in [1.29, 1.82) is 0 Å². The van der Waals surface area contributed by atoms with Crippen molar-refractivity contribution >= 4 is 44.0 Å². The van der Waals surface area contributed by atoms with Crippen molar-refractivity contribution in [2.45, 2.75) is 6.54 Å². The second-order valence-corrected chi connectivity index (χ2v) is 6.06. The van der Waals surface area contributed by atoms with Gasteiger partial charge in [0.1, 0.15) is 4.99 Å². The Hall–Kier alpha value is -1.65. The molecule has 0 fully saturated rings. The first-order valence-electron chi connectivity index (χ1n) is 6.26. The Labute approximate surface area is 131 Å². The summed E-state index contributed by atoms with van der Waals surface area (Å²) in [5.74, 6) is 0. The Morgan fingerprint density at radius 1 is 1.10 bits per heavy atom. The number of hydrogen-bond donors (Lipinski definition) is 1. The van der Waals surface area contributed by atoms with E-state index in [1.54, 1.807) is 0 Å². The van der Waals surface area contributed by atoms with Crippen LogP contribution in [-0.4, -0.2) is 9.56 Å². The van der Waals surface area contributed by atoms with Crippen LogP contribution in [0.5, 0.6) is 0 Å². The molecule has 1 heterocycles. The molecule has 1 aromatic heterocycles. The van der Waals surface area contributed by atoms with Crippen molar-refractivity contribution in [1.82, 2.24) is 4.57 Å². The Bertz CT molecular complexity index is 775. The molecule has 0 radical (unpaired) electrons. The van der Waals surface area contributed by atoms with Gasteiger partial charge in [-0.3, -0.25) is 0 Å². The van der Waals surface area contributed by atoms with E-state index in [0.29, 0.717) is 4.99 Å². The van der Waals surface area contributed by atoms with E-state index in [2.05, 4.69) is 69.2 Å². The standard InChI is InChI=1S/C16H13BrN2S/c17-14-5-1-11(2-6-14)10-19-8-7-12-3-4-13(16(18)20)9-15(12)19/h1-9H,10H2,(H2,18,20). The van der Waals surface area contributed by atoms with Crippen LogP contribution in [0.2, 0.25) is 0 Å². The van der Waals surface area contributed by atoms with Crippen LogP contribution in [0.3, 0.4) is 0 Å². The number of thiocarbonyl (C=S) groups is 1. The van der Waals surface area contributed by atoms with Crippen LogP contribution in [-0.2, 0) is 6.54 Å². The predicted octanol–water partition coefficient (Wildman–Crippen LogP) is 4.09. The number of benzene rings is 2. The topological polar surface area (TPSA) is 30.9 Å². The first-order valence-corrected chi connectivity index (χ1v) is 7.47. The van der Waals surface area contributed by atoms with E-state index in [0.717, 1.165) is 22.1 Å². The average molecular weight is 345 g/mol. The minimum Gasteiger partial charge on any atom is -0.389 e. The largest absolute Gasteiger partial charge is 0.389 e. The molecule has 100 valence electrons. The Morgan fingerprint density at radius 3 is 2.55 bits per heavy atom. The summed E-state index contributed by atoms with van der Waals surface area (Å²) in [5.41, 5.74) is 9.02. The Morgan fingerprint density at radius 2 is 1.85 bits per heavy atom. The van der Waals surface area contributed by atoms with Crippen LogP contribution in [0.4, 0.5) is 0 Å². The molecule has 0 unspecified atom stereocenters. The summed E-state index contributed by atoms with van der Waals surface area (Å²) in [5, 5.41) is 1.20. The molecular weight excluding hydrogens is 332 g/mol. The highest BCUT2D eigenvalue weighted by Crippen LogP contribution is 2.20. The molecule has 20 heavy (non-hydrogen) atoms. The van der Waals surface area contributed by atoms with Crippen molar-refractivity contribution in [2.24, 2.45) is 5.73 Å². The van der Waals surface area contributed by atoms with Gasteiger partial charge in [-0.1, -0.05) is 52.4 Å². The van der Waals surface area contributed by atoms with Gasteiger partial charge in [0.2, 0.25) is 0 Å². The molecule has 0 spiro atoms. The molecule has 3 rings (SSSR count). The van der Waals surface area contributed by atoms with E-state index in [9.17, 15) is 0 Å². The number of fused-ring (bicyclic) bond motifs is 1. The lowest BCUT2D eigenvalue weighted by molar-refractivity contribution is 0.836. The highest BCUT2D eigenvalue weighted by atomic mass is 79.9. The van der Waals surface area contributed by atoms with E-state index >= 15 is 0 Å². The zero-order valence-electron chi connectivity index (χ0n) is 10.7. The van der Waals surface area contributed by atoms with Gasteiger partial charge >= 0.3 is 0 Å². The van der Waals surface area contributed by atoms with Crippen LogP contribution in [0.1, 0.15) is 11.1 Å². The van der Waals surface area contributed by atoms with Crippen LogP contribution >= 0.6 is 28.1 Å². The minimum atomic E-state index is 0.434. The van der Waals surface area contributed by atoms with Crippen LogP contribution < -0.4 is 5.73 Å². The number of halogens is 1. The highest BCUT2D eigenvalue weighted by Gasteiger charge is 2.04. The summed E-state index contributed by atoms with van der Waals surface area (Å²) < 4.78 is 3.30. The number of nitrogens with two attached hydrogens (primary N) is 1. The Kier molecular flexibility index (Phi) is 3.59. The summed E-state index contributed by atoms with van der Waals surface area (Å²) in [6.07, 6.45) is 2.09. The van der Waals surface area contributed by atoms with Crippen LogP contribution in [0.25, 0.3) is 10.9 Å². The maximum absolute atomic E-state index is 5.71. The molecule has 4 heteroatoms. The third-order valence-corrected chi connectivity index (χ3v) is 4.09. The van der Waals surface area contributed by atoms with Gasteiger partial charge in [-0.15, -0.1) is 0 Å². The Balaban J connectivity index is 2.00. The molecule has 0 amide bonds. The van der Waals surface area contributed by atoms with Crippen LogP contribution in [0.15, 0.2) is 59.2 Å². The molecule has 3 aromatic rings. The monoisotopic (exact) mass is 344 g/mol. The molecule has 0 aliphatic carbocycles. The fourth-order valence-electron chi connectivity index (χ4n) is 2.26. The highest BCUT2D eigenvalue weighted by molar-refractivity contribution is 9.10. The van der Waals surface area contributed by atoms with Gasteiger partial charge in [0.05, 0.1) is 0 Å². The second kappa shape index (κ2) is 5.38. The smallest absolute Gasteiger partial charge is 0.104 e. The maximum Gasteiger partial charge on any atom is 0.104 e. The van der Waals surface area contributed by atoms with Crippen molar-refractivity contribution in [3.8, 4) is 0 Å².